The van der Waals surface area contributed by atoms with Crippen LogP contribution in [0.5, 0.6) is 0 Å². The van der Waals surface area contributed by atoms with E-state index in [1.54, 1.807) is 0 Å². The summed E-state index contributed by atoms with van der Waals surface area (Å²) in [6, 6.07) is 7.80. The zero-order valence-corrected chi connectivity index (χ0v) is 10.6. The Morgan fingerprint density at radius 2 is 2.21 bits per heavy atom. The summed E-state index contributed by atoms with van der Waals surface area (Å²) in [4.78, 5) is 4.13. The molecule has 1 aromatic rings. The standard InChI is InChI=1S/C10H9BrClNS/c11-9(6-13-7-14)5-8-3-1-2-4-10(8)12/h1-4,9H,5-6H2. The first-order chi connectivity index (χ1) is 6.74. The highest BCUT2D eigenvalue weighted by Gasteiger charge is 2.06. The lowest BCUT2D eigenvalue weighted by Crippen LogP contribution is -2.06. The molecule has 0 aliphatic carbocycles. The normalized spacial score (nSPS) is 11.9. The van der Waals surface area contributed by atoms with Crippen molar-refractivity contribution in [1.29, 1.82) is 0 Å². The first-order valence-electron chi connectivity index (χ1n) is 4.15. The van der Waals surface area contributed by atoms with Crippen molar-refractivity contribution in [2.75, 3.05) is 6.54 Å². The van der Waals surface area contributed by atoms with Gasteiger partial charge in [0.15, 0.2) is 0 Å². The highest BCUT2D eigenvalue weighted by Crippen LogP contribution is 2.19. The molecule has 14 heavy (non-hydrogen) atoms. The molecule has 0 bridgehead atoms. The van der Waals surface area contributed by atoms with E-state index in [0.29, 0.717) is 6.54 Å². The Morgan fingerprint density at radius 3 is 2.86 bits per heavy atom. The number of hydrogen-bond acceptors (Lipinski definition) is 2. The van der Waals surface area contributed by atoms with Gasteiger partial charge in [-0.2, -0.15) is 0 Å². The van der Waals surface area contributed by atoms with Crippen LogP contribution in [-0.4, -0.2) is 16.5 Å². The molecule has 0 saturated heterocycles. The maximum absolute atomic E-state index is 6.01. The Labute approximate surface area is 102 Å². The van der Waals surface area contributed by atoms with E-state index in [9.17, 15) is 0 Å². The van der Waals surface area contributed by atoms with Gasteiger partial charge in [-0.1, -0.05) is 45.7 Å². The Bertz CT molecular complexity index is 350. The minimum Gasteiger partial charge on any atom is -0.231 e. The molecule has 0 N–H and O–H groups in total. The van der Waals surface area contributed by atoms with Gasteiger partial charge in [0.05, 0.1) is 11.7 Å². The summed E-state index contributed by atoms with van der Waals surface area (Å²) in [7, 11) is 0. The molecule has 1 unspecified atom stereocenters. The van der Waals surface area contributed by atoms with Gasteiger partial charge < -0.3 is 0 Å². The van der Waals surface area contributed by atoms with Crippen LogP contribution >= 0.6 is 39.7 Å². The van der Waals surface area contributed by atoms with Gasteiger partial charge in [-0.3, -0.25) is 0 Å². The molecule has 0 spiro atoms. The van der Waals surface area contributed by atoms with Crippen LogP contribution in [0.15, 0.2) is 29.3 Å². The molecule has 1 aromatic carbocycles. The second kappa shape index (κ2) is 6.31. The Morgan fingerprint density at radius 1 is 1.50 bits per heavy atom. The van der Waals surface area contributed by atoms with Gasteiger partial charge in [-0.25, -0.2) is 4.99 Å². The van der Waals surface area contributed by atoms with Gasteiger partial charge in [0.1, 0.15) is 0 Å². The van der Waals surface area contributed by atoms with Crippen LogP contribution in [0.1, 0.15) is 5.56 Å². The summed E-state index contributed by atoms with van der Waals surface area (Å²) in [5.74, 6) is 0. The maximum Gasteiger partial charge on any atom is 0.0621 e. The topological polar surface area (TPSA) is 12.4 Å². The molecule has 0 aliphatic rings. The fourth-order valence-corrected chi connectivity index (χ4v) is 1.88. The van der Waals surface area contributed by atoms with E-state index in [2.05, 4.69) is 38.3 Å². The second-order valence-electron chi connectivity index (χ2n) is 2.82. The van der Waals surface area contributed by atoms with Crippen LogP contribution in [0, 0.1) is 0 Å². The third-order valence-electron chi connectivity index (χ3n) is 1.75. The maximum atomic E-state index is 6.01. The molecule has 0 radical (unpaired) electrons. The fraction of sp³-hybridized carbons (Fsp3) is 0.300. The number of alkyl halides is 1. The molecule has 4 heteroatoms. The van der Waals surface area contributed by atoms with Gasteiger partial charge in [-0.15, -0.1) is 0 Å². The molecule has 1 atom stereocenters. The summed E-state index contributed by atoms with van der Waals surface area (Å²) in [6.07, 6.45) is 0.847. The highest BCUT2D eigenvalue weighted by atomic mass is 79.9. The summed E-state index contributed by atoms with van der Waals surface area (Å²) < 4.78 is 0. The molecule has 74 valence electrons. The lowest BCUT2D eigenvalue weighted by molar-refractivity contribution is 0.872. The lowest BCUT2D eigenvalue weighted by atomic mass is 10.1. The summed E-state index contributed by atoms with van der Waals surface area (Å²) in [5, 5.41) is 3.14. The molecule has 1 nitrogen and oxygen atoms in total. The van der Waals surface area contributed by atoms with Crippen molar-refractivity contribution in [3.05, 3.63) is 34.9 Å². The van der Waals surface area contributed by atoms with E-state index in [4.69, 9.17) is 11.6 Å². The van der Waals surface area contributed by atoms with Crippen molar-refractivity contribution in [2.24, 2.45) is 4.99 Å². The van der Waals surface area contributed by atoms with E-state index >= 15 is 0 Å². The van der Waals surface area contributed by atoms with Crippen molar-refractivity contribution < 1.29 is 0 Å². The smallest absolute Gasteiger partial charge is 0.0621 e. The van der Waals surface area contributed by atoms with Crippen LogP contribution < -0.4 is 0 Å². The van der Waals surface area contributed by atoms with Crippen LogP contribution in [0.2, 0.25) is 5.02 Å². The molecule has 0 heterocycles. The van der Waals surface area contributed by atoms with E-state index in [1.165, 1.54) is 0 Å². The highest BCUT2D eigenvalue weighted by molar-refractivity contribution is 9.09. The van der Waals surface area contributed by atoms with Crippen LogP contribution in [-0.2, 0) is 6.42 Å². The monoisotopic (exact) mass is 289 g/mol. The first kappa shape index (κ1) is 11.9. The fourth-order valence-electron chi connectivity index (χ4n) is 1.10. The zero-order chi connectivity index (χ0) is 10.4. The number of isothiocyanates is 1. The molecule has 0 amide bonds. The minimum atomic E-state index is 0.262. The van der Waals surface area contributed by atoms with E-state index in [1.807, 2.05) is 24.3 Å². The van der Waals surface area contributed by atoms with Gasteiger partial charge in [0.25, 0.3) is 0 Å². The SMILES string of the molecule is S=C=NCC(Br)Cc1ccccc1Cl. The third-order valence-corrected chi connectivity index (χ3v) is 2.86. The molecule has 0 aromatic heterocycles. The Balaban J connectivity index is 2.60. The van der Waals surface area contributed by atoms with E-state index in [0.717, 1.165) is 17.0 Å². The van der Waals surface area contributed by atoms with Crippen LogP contribution in [0.3, 0.4) is 0 Å². The number of hydrogen-bond donors (Lipinski definition) is 0. The summed E-state index contributed by atoms with van der Waals surface area (Å²) in [6.45, 7) is 0.634. The average molecular weight is 291 g/mol. The molecule has 0 aliphatic heterocycles. The third kappa shape index (κ3) is 3.89. The predicted octanol–water partition coefficient (Wildman–Crippen LogP) is 3.75. The number of aliphatic imine (C=N–C) groups is 1. The van der Waals surface area contributed by atoms with E-state index in [-0.39, 0.29) is 4.83 Å². The number of rotatable bonds is 4. The van der Waals surface area contributed by atoms with Crippen LogP contribution in [0.25, 0.3) is 0 Å². The van der Waals surface area contributed by atoms with Gasteiger partial charge >= 0.3 is 0 Å². The number of benzene rings is 1. The lowest BCUT2D eigenvalue weighted by Gasteiger charge is -2.07. The largest absolute Gasteiger partial charge is 0.231 e. The Hall–Kier alpha value is -0.210. The van der Waals surface area contributed by atoms with Crippen molar-refractivity contribution in [3.8, 4) is 0 Å². The summed E-state index contributed by atoms with van der Waals surface area (Å²) in [5.41, 5.74) is 1.12. The number of nitrogens with zero attached hydrogens (tertiary/aromatic N) is 1. The van der Waals surface area contributed by atoms with Crippen LogP contribution in [0.4, 0.5) is 0 Å². The van der Waals surface area contributed by atoms with Crippen molar-refractivity contribution in [1.82, 2.24) is 0 Å². The second-order valence-corrected chi connectivity index (χ2v) is 4.71. The summed E-state index contributed by atoms with van der Waals surface area (Å²) >= 11 is 14.0. The van der Waals surface area contributed by atoms with Crippen molar-refractivity contribution in [2.45, 2.75) is 11.2 Å². The van der Waals surface area contributed by atoms with Gasteiger partial charge in [-0.05, 0) is 30.3 Å². The molecule has 0 saturated carbocycles. The van der Waals surface area contributed by atoms with E-state index < -0.39 is 0 Å². The quantitative estimate of drug-likeness (QED) is 0.467. The average Bonchev–Trinajstić information content (AvgIpc) is 2.18. The molecule has 0 fully saturated rings. The van der Waals surface area contributed by atoms with Gasteiger partial charge in [0.2, 0.25) is 0 Å². The van der Waals surface area contributed by atoms with Gasteiger partial charge in [0, 0.05) is 9.85 Å². The van der Waals surface area contributed by atoms with Crippen molar-refractivity contribution in [3.63, 3.8) is 0 Å². The molecule has 1 rings (SSSR count). The predicted molar refractivity (Wildman–Crippen MR) is 67.8 cm³/mol. The molecular formula is C10H9BrClNS. The first-order valence-corrected chi connectivity index (χ1v) is 5.85. The molecular weight excluding hydrogens is 282 g/mol. The Kier molecular flexibility index (Phi) is 5.34. The van der Waals surface area contributed by atoms with Crippen molar-refractivity contribution >= 4 is 44.9 Å². The number of halogens is 2. The minimum absolute atomic E-state index is 0.262. The zero-order valence-electron chi connectivity index (χ0n) is 7.41. The number of thiocarbonyl (C=S) groups is 1.